The van der Waals surface area contributed by atoms with E-state index in [1.807, 2.05) is 34.1 Å². The van der Waals surface area contributed by atoms with Gasteiger partial charge in [0.15, 0.2) is 0 Å². The zero-order chi connectivity index (χ0) is 28.0. The van der Waals surface area contributed by atoms with Crippen LogP contribution in [0.5, 0.6) is 0 Å². The number of aliphatic hydroxyl groups excluding tert-OH is 1. The lowest BCUT2D eigenvalue weighted by atomic mass is 10.1. The molecule has 3 unspecified atom stereocenters. The fraction of sp³-hybridized carbons (Fsp3) is 0.821. The van der Waals surface area contributed by atoms with Crippen molar-refractivity contribution in [3.63, 3.8) is 0 Å². The highest BCUT2D eigenvalue weighted by Crippen LogP contribution is 2.43. The molecule has 0 heterocycles. The van der Waals surface area contributed by atoms with Gasteiger partial charge in [-0.15, -0.1) is 0 Å². The molecule has 0 aliphatic rings. The quantitative estimate of drug-likeness (QED) is 0.0602. The summed E-state index contributed by atoms with van der Waals surface area (Å²) in [5.74, 6) is -0.227. The molecule has 218 valence electrons. The standard InChI is InChI=1S/C28H55N2O6P/c1-6-8-10-11-12-13-14-15-16-17-18-19-20-21-27(31)26(29-28(32)22-9-7-2)25-36-37(33,34)35-24-23-30(3,4)5/h16-17,20-21,26-27,31H,6-15,18-19,22-25H2,1-5H3,(H-,29,32,33,34)/p+1/b17-16+,21-20+. The highest BCUT2D eigenvalue weighted by Gasteiger charge is 2.27. The number of nitrogens with one attached hydrogen (secondary N) is 1. The van der Waals surface area contributed by atoms with Crippen molar-refractivity contribution in [2.45, 2.75) is 109 Å². The van der Waals surface area contributed by atoms with E-state index in [1.165, 1.54) is 44.9 Å². The van der Waals surface area contributed by atoms with Crippen LogP contribution < -0.4 is 5.32 Å². The number of carbonyl (C=O) groups excluding carboxylic acids is 1. The Morgan fingerprint density at radius 1 is 0.892 bits per heavy atom. The molecule has 37 heavy (non-hydrogen) atoms. The molecular formula is C28H56N2O6P+. The molecule has 1 amide bonds. The van der Waals surface area contributed by atoms with Gasteiger partial charge in [-0.25, -0.2) is 4.57 Å². The SMILES string of the molecule is CCCCCCCCC/C=C/CC/C=C/C(O)C(COP(=O)(O)OCC[N+](C)(C)C)NC(=O)CCCC. The number of quaternary nitrogens is 1. The second-order valence-corrected chi connectivity index (χ2v) is 12.2. The number of phosphoric ester groups is 1. The first-order chi connectivity index (χ1) is 17.5. The normalized spacial score (nSPS) is 15.8. The van der Waals surface area contributed by atoms with Crippen molar-refractivity contribution in [3.05, 3.63) is 24.3 Å². The summed E-state index contributed by atoms with van der Waals surface area (Å²) in [5, 5.41) is 13.4. The average molecular weight is 548 g/mol. The van der Waals surface area contributed by atoms with Crippen LogP contribution in [0, 0.1) is 0 Å². The van der Waals surface area contributed by atoms with Gasteiger partial charge in [0, 0.05) is 6.42 Å². The van der Waals surface area contributed by atoms with Crippen molar-refractivity contribution < 1.29 is 32.9 Å². The van der Waals surface area contributed by atoms with Gasteiger partial charge < -0.3 is 19.8 Å². The molecule has 0 radical (unpaired) electrons. The Morgan fingerprint density at radius 2 is 1.49 bits per heavy atom. The van der Waals surface area contributed by atoms with Gasteiger partial charge in [-0.2, -0.15) is 0 Å². The number of amides is 1. The number of allylic oxidation sites excluding steroid dienone is 3. The maximum Gasteiger partial charge on any atom is 0.472 e. The summed E-state index contributed by atoms with van der Waals surface area (Å²) in [6.45, 7) is 4.48. The van der Waals surface area contributed by atoms with Crippen molar-refractivity contribution in [1.82, 2.24) is 5.32 Å². The number of hydrogen-bond donors (Lipinski definition) is 3. The Morgan fingerprint density at radius 3 is 2.14 bits per heavy atom. The molecule has 0 spiro atoms. The molecule has 9 heteroatoms. The lowest BCUT2D eigenvalue weighted by Crippen LogP contribution is -2.45. The van der Waals surface area contributed by atoms with Crippen molar-refractivity contribution in [2.75, 3.05) is 40.9 Å². The largest absolute Gasteiger partial charge is 0.472 e. The van der Waals surface area contributed by atoms with Crippen LogP contribution in [0.4, 0.5) is 0 Å². The highest BCUT2D eigenvalue weighted by atomic mass is 31.2. The number of aliphatic hydroxyl groups is 1. The van der Waals surface area contributed by atoms with Crippen LogP contribution in [0.15, 0.2) is 24.3 Å². The third-order valence-corrected chi connectivity index (χ3v) is 6.91. The predicted octanol–water partition coefficient (Wildman–Crippen LogP) is 5.90. The Labute approximate surface area is 226 Å². The van der Waals surface area contributed by atoms with E-state index in [9.17, 15) is 19.4 Å². The van der Waals surface area contributed by atoms with Crippen LogP contribution in [-0.4, -0.2) is 73.4 Å². The lowest BCUT2D eigenvalue weighted by Gasteiger charge is -2.25. The first kappa shape index (κ1) is 36.0. The van der Waals surface area contributed by atoms with E-state index in [1.54, 1.807) is 6.08 Å². The second-order valence-electron chi connectivity index (χ2n) is 10.8. The van der Waals surface area contributed by atoms with Gasteiger partial charge in [0.1, 0.15) is 13.2 Å². The number of hydrogen-bond acceptors (Lipinski definition) is 5. The van der Waals surface area contributed by atoms with E-state index in [0.717, 1.165) is 32.1 Å². The minimum atomic E-state index is -4.30. The maximum atomic E-state index is 12.3. The van der Waals surface area contributed by atoms with Crippen LogP contribution in [0.2, 0.25) is 0 Å². The number of unbranched alkanes of at least 4 members (excludes halogenated alkanes) is 9. The number of rotatable bonds is 24. The summed E-state index contributed by atoms with van der Waals surface area (Å²) in [6, 6.07) is -0.851. The van der Waals surface area contributed by atoms with E-state index in [4.69, 9.17) is 9.05 Å². The summed E-state index contributed by atoms with van der Waals surface area (Å²) < 4.78 is 23.0. The minimum absolute atomic E-state index is 0.0553. The van der Waals surface area contributed by atoms with Crippen LogP contribution in [0.1, 0.15) is 97.3 Å². The minimum Gasteiger partial charge on any atom is -0.387 e. The molecule has 0 fully saturated rings. The van der Waals surface area contributed by atoms with Gasteiger partial charge in [0.2, 0.25) is 5.91 Å². The van der Waals surface area contributed by atoms with Gasteiger partial charge in [-0.3, -0.25) is 13.8 Å². The Bertz CT molecular complexity index is 678. The average Bonchev–Trinajstić information content (AvgIpc) is 2.82. The summed E-state index contributed by atoms with van der Waals surface area (Å²) in [6.07, 6.45) is 20.6. The van der Waals surface area contributed by atoms with Gasteiger partial charge >= 0.3 is 7.82 Å². The molecule has 0 bridgehead atoms. The van der Waals surface area contributed by atoms with Crippen LogP contribution in [0.25, 0.3) is 0 Å². The first-order valence-corrected chi connectivity index (χ1v) is 15.7. The van der Waals surface area contributed by atoms with Crippen molar-refractivity contribution in [2.24, 2.45) is 0 Å². The Kier molecular flexibility index (Phi) is 21.3. The molecule has 0 aliphatic carbocycles. The lowest BCUT2D eigenvalue weighted by molar-refractivity contribution is -0.870. The van der Waals surface area contributed by atoms with Crippen molar-refractivity contribution >= 4 is 13.7 Å². The highest BCUT2D eigenvalue weighted by molar-refractivity contribution is 7.47. The molecule has 3 atom stereocenters. The monoisotopic (exact) mass is 547 g/mol. The molecule has 0 saturated heterocycles. The van der Waals surface area contributed by atoms with E-state index in [0.29, 0.717) is 17.4 Å². The predicted molar refractivity (Wildman–Crippen MR) is 152 cm³/mol. The van der Waals surface area contributed by atoms with E-state index >= 15 is 0 Å². The zero-order valence-corrected chi connectivity index (χ0v) is 25.1. The number of phosphoric acid groups is 1. The molecule has 0 rings (SSSR count). The molecule has 0 aromatic carbocycles. The van der Waals surface area contributed by atoms with Gasteiger partial charge in [0.05, 0.1) is 39.9 Å². The Balaban J connectivity index is 4.54. The van der Waals surface area contributed by atoms with Crippen LogP contribution >= 0.6 is 7.82 Å². The number of carbonyl (C=O) groups is 1. The van der Waals surface area contributed by atoms with E-state index in [2.05, 4.69) is 24.4 Å². The molecule has 0 saturated carbocycles. The van der Waals surface area contributed by atoms with E-state index in [-0.39, 0.29) is 19.1 Å². The van der Waals surface area contributed by atoms with Crippen molar-refractivity contribution in [1.29, 1.82) is 0 Å². The molecule has 0 aliphatic heterocycles. The van der Waals surface area contributed by atoms with Gasteiger partial charge in [-0.05, 0) is 32.1 Å². The van der Waals surface area contributed by atoms with E-state index < -0.39 is 20.0 Å². The molecule has 3 N–H and O–H groups in total. The fourth-order valence-electron chi connectivity index (χ4n) is 3.50. The van der Waals surface area contributed by atoms with Gasteiger partial charge in [-0.1, -0.05) is 83.1 Å². The Hall–Kier alpha value is -1.02. The maximum absolute atomic E-state index is 12.3. The molecule has 0 aromatic heterocycles. The van der Waals surface area contributed by atoms with Crippen LogP contribution in [-0.2, 0) is 18.4 Å². The zero-order valence-electron chi connectivity index (χ0n) is 24.2. The third kappa shape index (κ3) is 23.8. The molecule has 0 aromatic rings. The van der Waals surface area contributed by atoms with Crippen molar-refractivity contribution in [3.8, 4) is 0 Å². The molecule has 8 nitrogen and oxygen atoms in total. The van der Waals surface area contributed by atoms with Crippen LogP contribution in [0.3, 0.4) is 0 Å². The summed E-state index contributed by atoms with van der Waals surface area (Å²) in [4.78, 5) is 22.2. The number of nitrogens with zero attached hydrogens (tertiary/aromatic N) is 1. The molecular weight excluding hydrogens is 491 g/mol. The summed E-state index contributed by atoms with van der Waals surface area (Å²) in [7, 11) is 1.54. The summed E-state index contributed by atoms with van der Waals surface area (Å²) in [5.41, 5.74) is 0. The smallest absolute Gasteiger partial charge is 0.387 e. The fourth-order valence-corrected chi connectivity index (χ4v) is 4.24. The number of likely N-dealkylation sites (N-methyl/N-ethyl adjacent to an activating group) is 1. The first-order valence-electron chi connectivity index (χ1n) is 14.2. The summed E-state index contributed by atoms with van der Waals surface area (Å²) >= 11 is 0. The topological polar surface area (TPSA) is 105 Å². The van der Waals surface area contributed by atoms with Gasteiger partial charge in [0.25, 0.3) is 0 Å². The second kappa shape index (κ2) is 21.9. The third-order valence-electron chi connectivity index (χ3n) is 5.92.